The number of pyridine rings is 1. The van der Waals surface area contributed by atoms with Crippen LogP contribution in [0, 0.1) is 12.8 Å². The number of hydrogen-bond donors (Lipinski definition) is 2. The van der Waals surface area contributed by atoms with E-state index in [9.17, 15) is 14.4 Å². The van der Waals surface area contributed by atoms with Crippen LogP contribution < -0.4 is 10.9 Å². The van der Waals surface area contributed by atoms with Crippen molar-refractivity contribution < 1.29 is 18.8 Å². The summed E-state index contributed by atoms with van der Waals surface area (Å²) in [4.78, 5) is 45.6. The van der Waals surface area contributed by atoms with Gasteiger partial charge in [0.15, 0.2) is 5.82 Å². The Morgan fingerprint density at radius 1 is 1.41 bits per heavy atom. The average Bonchev–Trinajstić information content (AvgIpc) is 3.27. The maximum absolute atomic E-state index is 12.8. The summed E-state index contributed by atoms with van der Waals surface area (Å²) in [6.45, 7) is 2.26. The Balaban J connectivity index is 1.87. The van der Waals surface area contributed by atoms with E-state index >= 15 is 0 Å². The lowest BCUT2D eigenvalue weighted by Crippen LogP contribution is -2.35. The van der Waals surface area contributed by atoms with Crippen molar-refractivity contribution in [3.8, 4) is 0 Å². The Morgan fingerprint density at radius 2 is 2.19 bits per heavy atom. The molecule has 3 heterocycles. The fourth-order valence-electron chi connectivity index (χ4n) is 3.19. The predicted molar refractivity (Wildman–Crippen MR) is 93.0 cm³/mol. The highest BCUT2D eigenvalue weighted by atomic mass is 16.5. The van der Waals surface area contributed by atoms with Crippen LogP contribution in [-0.4, -0.2) is 59.1 Å². The molecule has 10 heteroatoms. The molecule has 3 rings (SSSR count). The van der Waals surface area contributed by atoms with Gasteiger partial charge in [-0.2, -0.15) is 4.98 Å². The topological polar surface area (TPSA) is 130 Å². The zero-order chi connectivity index (χ0) is 19.6. The Morgan fingerprint density at radius 3 is 2.85 bits per heavy atom. The second kappa shape index (κ2) is 7.70. The normalized spacial score (nSPS) is 19.3. The molecule has 2 amide bonds. The van der Waals surface area contributed by atoms with Crippen molar-refractivity contribution in [2.75, 3.05) is 27.2 Å². The summed E-state index contributed by atoms with van der Waals surface area (Å²) in [5.41, 5.74) is 0.234. The molecule has 0 spiro atoms. The van der Waals surface area contributed by atoms with Gasteiger partial charge in [0.05, 0.1) is 11.8 Å². The van der Waals surface area contributed by atoms with Gasteiger partial charge in [-0.15, -0.1) is 0 Å². The minimum absolute atomic E-state index is 0.0301. The van der Waals surface area contributed by atoms with Crippen LogP contribution in [0.2, 0.25) is 0 Å². The average molecular weight is 375 g/mol. The number of likely N-dealkylation sites (tertiary alicyclic amines) is 1. The van der Waals surface area contributed by atoms with Gasteiger partial charge in [-0.1, -0.05) is 5.16 Å². The molecule has 0 aromatic carbocycles. The zero-order valence-corrected chi connectivity index (χ0v) is 15.3. The summed E-state index contributed by atoms with van der Waals surface area (Å²) in [5.74, 6) is -1.06. The molecule has 144 valence electrons. The quantitative estimate of drug-likeness (QED) is 0.741. The molecule has 2 aromatic heterocycles. The summed E-state index contributed by atoms with van der Waals surface area (Å²) in [6, 6.07) is 3.15. The first-order chi connectivity index (χ1) is 12.9. The van der Waals surface area contributed by atoms with Crippen LogP contribution in [0.1, 0.15) is 33.7 Å². The highest BCUT2D eigenvalue weighted by Crippen LogP contribution is 2.32. The van der Waals surface area contributed by atoms with Crippen molar-refractivity contribution in [2.24, 2.45) is 5.92 Å². The molecule has 2 aromatic rings. The van der Waals surface area contributed by atoms with Crippen LogP contribution in [0.5, 0.6) is 0 Å². The number of carbonyl (C=O) groups is 2. The molecule has 2 unspecified atom stereocenters. The lowest BCUT2D eigenvalue weighted by Gasteiger charge is -2.15. The van der Waals surface area contributed by atoms with Crippen LogP contribution in [0.4, 0.5) is 0 Å². The number of rotatable bonds is 5. The molecule has 0 radical (unpaired) electrons. The van der Waals surface area contributed by atoms with Crippen LogP contribution in [0.3, 0.4) is 0 Å². The minimum Gasteiger partial charge on any atom is -0.377 e. The van der Waals surface area contributed by atoms with E-state index in [2.05, 4.69) is 20.4 Å². The summed E-state index contributed by atoms with van der Waals surface area (Å²) in [5, 5.41) is 6.42. The Bertz CT molecular complexity index is 905. The second-order valence-electron chi connectivity index (χ2n) is 6.40. The standard InChI is InChI=1S/C17H21N5O5/c1-9-4-5-10(15(24)19-9)17(25)22-6-11(14(23)18-2)12(7-22)16-20-13(8-26-3)21-27-16/h4-5,11-12H,6-8H2,1-3H3,(H,18,23)(H,19,24). The number of hydrogen-bond acceptors (Lipinski definition) is 7. The first-order valence-electron chi connectivity index (χ1n) is 8.46. The van der Waals surface area contributed by atoms with Gasteiger partial charge < -0.3 is 24.5 Å². The van der Waals surface area contributed by atoms with Crippen LogP contribution >= 0.6 is 0 Å². The SMILES string of the molecule is CNC(=O)C1CN(C(=O)c2ccc(C)[nH]c2=O)CC1c1nc(COC)no1. The fraction of sp³-hybridized carbons (Fsp3) is 0.471. The molecular weight excluding hydrogens is 354 g/mol. The molecule has 1 aliphatic heterocycles. The molecule has 2 atom stereocenters. The Labute approximate surface area is 154 Å². The number of amides is 2. The zero-order valence-electron chi connectivity index (χ0n) is 15.3. The highest BCUT2D eigenvalue weighted by molar-refractivity contribution is 5.95. The second-order valence-corrected chi connectivity index (χ2v) is 6.40. The number of nitrogens with zero attached hydrogens (tertiary/aromatic N) is 3. The number of H-pyrrole nitrogens is 1. The number of aromatic nitrogens is 3. The van der Waals surface area contributed by atoms with Gasteiger partial charge in [-0.25, -0.2) is 0 Å². The van der Waals surface area contributed by atoms with Gasteiger partial charge >= 0.3 is 0 Å². The van der Waals surface area contributed by atoms with Crippen molar-refractivity contribution in [2.45, 2.75) is 19.4 Å². The van der Waals surface area contributed by atoms with E-state index in [0.717, 1.165) is 0 Å². The molecule has 0 aliphatic carbocycles. The molecule has 1 fully saturated rings. The highest BCUT2D eigenvalue weighted by Gasteiger charge is 2.43. The third-order valence-corrected chi connectivity index (χ3v) is 4.55. The molecule has 27 heavy (non-hydrogen) atoms. The first kappa shape index (κ1) is 18.8. The van der Waals surface area contributed by atoms with Gasteiger partial charge in [0.25, 0.3) is 11.5 Å². The van der Waals surface area contributed by atoms with Crippen molar-refractivity contribution >= 4 is 11.8 Å². The minimum atomic E-state index is -0.556. The molecular formula is C17H21N5O5. The number of aryl methyl sites for hydroxylation is 1. The number of nitrogens with one attached hydrogen (secondary N) is 2. The van der Waals surface area contributed by atoms with Crippen LogP contribution in [0.15, 0.2) is 21.5 Å². The number of methoxy groups -OCH3 is 1. The van der Waals surface area contributed by atoms with Gasteiger partial charge in [0.2, 0.25) is 11.8 Å². The number of carbonyl (C=O) groups excluding carboxylic acids is 2. The van der Waals surface area contributed by atoms with E-state index in [1.54, 1.807) is 13.0 Å². The molecule has 1 saturated heterocycles. The van der Waals surface area contributed by atoms with Gasteiger partial charge in [0.1, 0.15) is 12.2 Å². The number of aromatic amines is 1. The summed E-state index contributed by atoms with van der Waals surface area (Å²) < 4.78 is 10.2. The van der Waals surface area contributed by atoms with Crippen LogP contribution in [0.25, 0.3) is 0 Å². The van der Waals surface area contributed by atoms with Gasteiger partial charge in [0, 0.05) is 32.9 Å². The van der Waals surface area contributed by atoms with Crippen molar-refractivity contribution in [1.29, 1.82) is 0 Å². The van der Waals surface area contributed by atoms with E-state index in [-0.39, 0.29) is 37.1 Å². The largest absolute Gasteiger partial charge is 0.377 e. The maximum atomic E-state index is 12.8. The fourth-order valence-corrected chi connectivity index (χ4v) is 3.19. The van der Waals surface area contributed by atoms with Gasteiger partial charge in [-0.3, -0.25) is 14.4 Å². The van der Waals surface area contributed by atoms with Crippen molar-refractivity contribution in [3.63, 3.8) is 0 Å². The van der Waals surface area contributed by atoms with Crippen molar-refractivity contribution in [3.05, 3.63) is 45.5 Å². The summed E-state index contributed by atoms with van der Waals surface area (Å²) in [7, 11) is 3.04. The summed E-state index contributed by atoms with van der Waals surface area (Å²) in [6.07, 6.45) is 0. The first-order valence-corrected chi connectivity index (χ1v) is 8.46. The maximum Gasteiger partial charge on any atom is 0.260 e. The lowest BCUT2D eigenvalue weighted by molar-refractivity contribution is -0.124. The molecule has 0 bridgehead atoms. The van der Waals surface area contributed by atoms with E-state index in [4.69, 9.17) is 9.26 Å². The third-order valence-electron chi connectivity index (χ3n) is 4.55. The lowest BCUT2D eigenvalue weighted by atomic mass is 9.95. The van der Waals surface area contributed by atoms with Crippen molar-refractivity contribution in [1.82, 2.24) is 25.3 Å². The monoisotopic (exact) mass is 375 g/mol. The van der Waals surface area contributed by atoms with E-state index < -0.39 is 23.3 Å². The molecule has 0 saturated carbocycles. The predicted octanol–water partition coefficient (Wildman–Crippen LogP) is -0.185. The molecule has 2 N–H and O–H groups in total. The van der Waals surface area contributed by atoms with E-state index in [1.807, 2.05) is 0 Å². The Kier molecular flexibility index (Phi) is 5.36. The molecule has 10 nitrogen and oxygen atoms in total. The van der Waals surface area contributed by atoms with Gasteiger partial charge in [-0.05, 0) is 19.1 Å². The number of ether oxygens (including phenoxy) is 1. The van der Waals surface area contributed by atoms with E-state index in [1.165, 1.54) is 25.1 Å². The third kappa shape index (κ3) is 3.75. The van der Waals surface area contributed by atoms with E-state index in [0.29, 0.717) is 11.5 Å². The molecule has 1 aliphatic rings. The Hall–Kier alpha value is -3.01. The smallest absolute Gasteiger partial charge is 0.260 e. The van der Waals surface area contributed by atoms with Crippen LogP contribution in [-0.2, 0) is 16.1 Å². The summed E-state index contributed by atoms with van der Waals surface area (Å²) >= 11 is 0.